The number of thiazole rings is 1. The van der Waals surface area contributed by atoms with E-state index in [1.165, 1.54) is 21.9 Å². The molecule has 0 aliphatic carbocycles. The summed E-state index contributed by atoms with van der Waals surface area (Å²) in [6.45, 7) is 4.94. The van der Waals surface area contributed by atoms with Crippen LogP contribution in [0.5, 0.6) is 11.5 Å². The molecule has 1 fully saturated rings. The molecule has 0 bridgehead atoms. The van der Waals surface area contributed by atoms with Gasteiger partial charge in [0.25, 0.3) is 5.91 Å². The fraction of sp³-hybridized carbons (Fsp3) is 0.474. The van der Waals surface area contributed by atoms with Gasteiger partial charge in [-0.3, -0.25) is 4.79 Å². The van der Waals surface area contributed by atoms with Crippen LogP contribution >= 0.6 is 11.3 Å². The van der Waals surface area contributed by atoms with Gasteiger partial charge in [-0.25, -0.2) is 12.7 Å². The standard InChI is InChI=1S/C19H25N3O5S2/c1-5-10-22-16-14(26-2)6-7-15(27-3)17(16)28-19(22)20-18(23)13-8-11-21(12-9-13)29(4,24)25/h5-7,13H,1,8-12H2,2-4H3. The van der Waals surface area contributed by atoms with Gasteiger partial charge in [0, 0.05) is 25.6 Å². The topological polar surface area (TPSA) is 90.2 Å². The number of fused-ring (bicyclic) bond motifs is 1. The maximum Gasteiger partial charge on any atom is 0.251 e. The smallest absolute Gasteiger partial charge is 0.251 e. The van der Waals surface area contributed by atoms with E-state index in [4.69, 9.17) is 9.47 Å². The summed E-state index contributed by atoms with van der Waals surface area (Å²) in [7, 11) is -0.0446. The molecule has 0 atom stereocenters. The Kier molecular flexibility index (Phi) is 6.45. The molecule has 158 valence electrons. The second-order valence-corrected chi connectivity index (χ2v) is 9.78. The second-order valence-electron chi connectivity index (χ2n) is 6.82. The third-order valence-corrected chi connectivity index (χ3v) is 7.38. The zero-order valence-electron chi connectivity index (χ0n) is 16.8. The summed E-state index contributed by atoms with van der Waals surface area (Å²) < 4.78 is 38.4. The minimum Gasteiger partial charge on any atom is -0.495 e. The number of ether oxygens (including phenoxy) is 2. The average molecular weight is 440 g/mol. The predicted molar refractivity (Wildman–Crippen MR) is 113 cm³/mol. The van der Waals surface area contributed by atoms with Crippen molar-refractivity contribution in [2.24, 2.45) is 10.9 Å². The zero-order chi connectivity index (χ0) is 21.2. The highest BCUT2D eigenvalue weighted by Gasteiger charge is 2.29. The van der Waals surface area contributed by atoms with Crippen molar-refractivity contribution in [1.82, 2.24) is 8.87 Å². The summed E-state index contributed by atoms with van der Waals surface area (Å²) in [4.78, 5) is 17.8. The lowest BCUT2D eigenvalue weighted by molar-refractivity contribution is -0.122. The van der Waals surface area contributed by atoms with Gasteiger partial charge in [0.05, 0.1) is 20.5 Å². The molecule has 1 aliphatic heterocycles. The molecule has 8 nitrogen and oxygen atoms in total. The fourth-order valence-corrected chi connectivity index (χ4v) is 5.49. The third-order valence-electron chi connectivity index (χ3n) is 4.98. The monoisotopic (exact) mass is 439 g/mol. The molecule has 0 radical (unpaired) electrons. The van der Waals surface area contributed by atoms with Crippen molar-refractivity contribution in [1.29, 1.82) is 0 Å². The molecule has 0 N–H and O–H groups in total. The van der Waals surface area contributed by atoms with Gasteiger partial charge in [-0.2, -0.15) is 4.99 Å². The number of carbonyl (C=O) groups excluding carboxylic acids is 1. The number of piperidine rings is 1. The van der Waals surface area contributed by atoms with Crippen LogP contribution in [0.2, 0.25) is 0 Å². The van der Waals surface area contributed by atoms with Crippen LogP contribution in [0.1, 0.15) is 12.8 Å². The molecular formula is C19H25N3O5S2. The Labute approximate surface area is 174 Å². The minimum absolute atomic E-state index is 0.236. The van der Waals surface area contributed by atoms with Crippen molar-refractivity contribution >= 4 is 37.5 Å². The number of methoxy groups -OCH3 is 2. The number of sulfonamides is 1. The lowest BCUT2D eigenvalue weighted by atomic mass is 9.98. The van der Waals surface area contributed by atoms with Crippen molar-refractivity contribution < 1.29 is 22.7 Å². The van der Waals surface area contributed by atoms with E-state index in [1.807, 2.05) is 16.7 Å². The molecule has 2 aromatic rings. The van der Waals surface area contributed by atoms with E-state index < -0.39 is 10.0 Å². The van der Waals surface area contributed by atoms with Gasteiger partial charge in [-0.05, 0) is 25.0 Å². The first kappa shape index (κ1) is 21.5. The summed E-state index contributed by atoms with van der Waals surface area (Å²) in [5, 5.41) is 0. The first-order valence-corrected chi connectivity index (χ1v) is 11.9. The van der Waals surface area contributed by atoms with Crippen molar-refractivity contribution in [3.8, 4) is 11.5 Å². The van der Waals surface area contributed by atoms with Crippen LogP contribution in [0.4, 0.5) is 0 Å². The molecule has 1 saturated heterocycles. The van der Waals surface area contributed by atoms with Gasteiger partial charge >= 0.3 is 0 Å². The van der Waals surface area contributed by atoms with Crippen LogP contribution in [0.25, 0.3) is 10.2 Å². The normalized spacial score (nSPS) is 16.9. The van der Waals surface area contributed by atoms with Crippen LogP contribution in [0.3, 0.4) is 0 Å². The number of hydrogen-bond donors (Lipinski definition) is 0. The highest BCUT2D eigenvalue weighted by molar-refractivity contribution is 7.88. The molecule has 0 saturated carbocycles. The summed E-state index contributed by atoms with van der Waals surface area (Å²) >= 11 is 1.36. The molecular weight excluding hydrogens is 414 g/mol. The van der Waals surface area contributed by atoms with E-state index >= 15 is 0 Å². The van der Waals surface area contributed by atoms with E-state index in [2.05, 4.69) is 11.6 Å². The highest BCUT2D eigenvalue weighted by Crippen LogP contribution is 2.35. The van der Waals surface area contributed by atoms with E-state index in [0.29, 0.717) is 48.8 Å². The van der Waals surface area contributed by atoms with Crippen molar-refractivity contribution in [2.75, 3.05) is 33.6 Å². The van der Waals surface area contributed by atoms with Crippen LogP contribution in [0, 0.1) is 5.92 Å². The Morgan fingerprint density at radius 2 is 1.90 bits per heavy atom. The quantitative estimate of drug-likeness (QED) is 0.642. The Bertz CT molecular complexity index is 1090. The summed E-state index contributed by atoms with van der Waals surface area (Å²) in [5.74, 6) is 0.813. The van der Waals surface area contributed by atoms with E-state index in [1.54, 1.807) is 20.3 Å². The maximum absolute atomic E-state index is 12.8. The fourth-order valence-electron chi connectivity index (χ4n) is 3.46. The van der Waals surface area contributed by atoms with Crippen molar-refractivity contribution in [3.05, 3.63) is 29.6 Å². The summed E-state index contributed by atoms with van der Waals surface area (Å²) in [6, 6.07) is 3.64. The number of benzene rings is 1. The average Bonchev–Trinajstić information content (AvgIpc) is 3.05. The number of nitrogens with zero attached hydrogens (tertiary/aromatic N) is 3. The number of carbonyl (C=O) groups is 1. The van der Waals surface area contributed by atoms with Crippen LogP contribution < -0.4 is 14.3 Å². The number of rotatable bonds is 6. The number of allylic oxidation sites excluding steroid dienone is 1. The predicted octanol–water partition coefficient (Wildman–Crippen LogP) is 2.00. The number of aromatic nitrogens is 1. The molecule has 29 heavy (non-hydrogen) atoms. The van der Waals surface area contributed by atoms with Crippen molar-refractivity contribution in [3.63, 3.8) is 0 Å². The molecule has 3 rings (SSSR count). The van der Waals surface area contributed by atoms with Gasteiger partial charge in [-0.1, -0.05) is 17.4 Å². The maximum atomic E-state index is 12.8. The minimum atomic E-state index is -3.23. The van der Waals surface area contributed by atoms with Crippen LogP contribution in [-0.2, 0) is 21.4 Å². The van der Waals surface area contributed by atoms with Gasteiger partial charge in [0.2, 0.25) is 10.0 Å². The first-order valence-electron chi connectivity index (χ1n) is 9.19. The van der Waals surface area contributed by atoms with Gasteiger partial charge in [-0.15, -0.1) is 6.58 Å². The second kappa shape index (κ2) is 8.68. The molecule has 1 aliphatic rings. The molecule has 1 amide bonds. The SMILES string of the molecule is C=CCn1c(=NC(=O)C2CCN(S(C)(=O)=O)CC2)sc2c(OC)ccc(OC)c21. The zero-order valence-corrected chi connectivity index (χ0v) is 18.4. The lowest BCUT2D eigenvalue weighted by Crippen LogP contribution is -2.39. The van der Waals surface area contributed by atoms with Crippen LogP contribution in [-0.4, -0.2) is 56.8 Å². The Hall–Kier alpha value is -2.17. The van der Waals surface area contributed by atoms with Gasteiger partial charge < -0.3 is 14.0 Å². The molecule has 0 spiro atoms. The first-order chi connectivity index (χ1) is 13.8. The summed E-state index contributed by atoms with van der Waals surface area (Å²) in [6.07, 6.45) is 3.86. The Morgan fingerprint density at radius 3 is 2.45 bits per heavy atom. The number of amides is 1. The van der Waals surface area contributed by atoms with Crippen molar-refractivity contribution in [2.45, 2.75) is 19.4 Å². The molecule has 1 aromatic carbocycles. The molecule has 2 heterocycles. The molecule has 0 unspecified atom stereocenters. The van der Waals surface area contributed by atoms with E-state index in [-0.39, 0.29) is 11.8 Å². The summed E-state index contributed by atoms with van der Waals surface area (Å²) in [5.41, 5.74) is 0.801. The van der Waals surface area contributed by atoms with E-state index in [9.17, 15) is 13.2 Å². The van der Waals surface area contributed by atoms with Gasteiger partial charge in [0.1, 0.15) is 21.7 Å². The van der Waals surface area contributed by atoms with Gasteiger partial charge in [0.15, 0.2) is 4.80 Å². The number of hydrogen-bond acceptors (Lipinski definition) is 6. The Morgan fingerprint density at radius 1 is 1.28 bits per heavy atom. The van der Waals surface area contributed by atoms with Crippen LogP contribution in [0.15, 0.2) is 29.8 Å². The molecule has 10 heteroatoms. The lowest BCUT2D eigenvalue weighted by Gasteiger charge is -2.28. The highest BCUT2D eigenvalue weighted by atomic mass is 32.2. The molecule has 1 aromatic heterocycles. The third kappa shape index (κ3) is 4.39. The van der Waals surface area contributed by atoms with E-state index in [0.717, 1.165) is 10.2 Å². The largest absolute Gasteiger partial charge is 0.495 e. The Balaban J connectivity index is 2.00.